The monoisotopic (exact) mass is 279 g/mol. The van der Waals surface area contributed by atoms with Crippen molar-refractivity contribution in [2.45, 2.75) is 13.0 Å². The van der Waals surface area contributed by atoms with E-state index in [2.05, 4.69) is 39.9 Å². The van der Waals surface area contributed by atoms with Gasteiger partial charge in [0, 0.05) is 26.9 Å². The third-order valence-electron chi connectivity index (χ3n) is 2.08. The summed E-state index contributed by atoms with van der Waals surface area (Å²) in [6, 6.07) is 0. The van der Waals surface area contributed by atoms with Crippen LogP contribution in [-0.4, -0.2) is 18.5 Å². The molecule has 0 radical (unpaired) electrons. The third kappa shape index (κ3) is 1.46. The number of hydrogen-bond donors (Lipinski definition) is 0. The fourth-order valence-electron chi connectivity index (χ4n) is 1.41. The molecule has 0 spiro atoms. The summed E-state index contributed by atoms with van der Waals surface area (Å²) in [4.78, 5) is 3.99. The van der Waals surface area contributed by atoms with Gasteiger partial charge in [-0.1, -0.05) is 0 Å². The predicted molar refractivity (Wildman–Crippen MR) is 57.1 cm³/mol. The molecule has 1 aromatic heterocycles. The van der Waals surface area contributed by atoms with Crippen LogP contribution in [0.1, 0.15) is 10.4 Å². The van der Waals surface area contributed by atoms with Crippen LogP contribution in [0.3, 0.4) is 0 Å². The minimum Gasteiger partial charge on any atom is -0.302 e. The van der Waals surface area contributed by atoms with Crippen molar-refractivity contribution in [3.63, 3.8) is 0 Å². The van der Waals surface area contributed by atoms with Crippen molar-refractivity contribution in [3.05, 3.63) is 19.4 Å². The van der Waals surface area contributed by atoms with Gasteiger partial charge in [-0.05, 0) is 41.6 Å². The lowest BCUT2D eigenvalue weighted by Crippen LogP contribution is -2.25. The molecule has 0 atom stereocenters. The Kier molecular flexibility index (Phi) is 2.21. The molecule has 0 unspecified atom stereocenters. The van der Waals surface area contributed by atoms with Gasteiger partial charge in [0.2, 0.25) is 0 Å². The van der Waals surface area contributed by atoms with Gasteiger partial charge in [-0.25, -0.2) is 0 Å². The van der Waals surface area contributed by atoms with Gasteiger partial charge < -0.3 is 4.90 Å². The molecule has 11 heavy (non-hydrogen) atoms. The highest BCUT2D eigenvalue weighted by Gasteiger charge is 2.16. The van der Waals surface area contributed by atoms with Crippen LogP contribution < -0.4 is 0 Å². The van der Waals surface area contributed by atoms with E-state index < -0.39 is 0 Å². The van der Waals surface area contributed by atoms with Crippen molar-refractivity contribution in [1.29, 1.82) is 0 Å². The van der Waals surface area contributed by atoms with Crippen molar-refractivity contribution < 1.29 is 0 Å². The van der Waals surface area contributed by atoms with E-state index in [9.17, 15) is 0 Å². The molecule has 60 valence electrons. The molecule has 0 saturated heterocycles. The average molecular weight is 279 g/mol. The van der Waals surface area contributed by atoms with E-state index in [-0.39, 0.29) is 0 Å². The van der Waals surface area contributed by atoms with Gasteiger partial charge >= 0.3 is 0 Å². The summed E-state index contributed by atoms with van der Waals surface area (Å²) in [5.74, 6) is 0. The van der Waals surface area contributed by atoms with E-state index in [1.165, 1.54) is 16.5 Å². The van der Waals surface area contributed by atoms with Gasteiger partial charge in [-0.2, -0.15) is 0 Å². The SMILES string of the molecule is CN1CCc2scc(I)c2C1. The fourth-order valence-corrected chi connectivity index (χ4v) is 3.39. The molecule has 3 heteroatoms. The van der Waals surface area contributed by atoms with Gasteiger partial charge in [0.15, 0.2) is 0 Å². The molecular formula is C8H10INS. The lowest BCUT2D eigenvalue weighted by Gasteiger charge is -2.22. The van der Waals surface area contributed by atoms with Crippen LogP contribution in [0.5, 0.6) is 0 Å². The van der Waals surface area contributed by atoms with Crippen molar-refractivity contribution in [3.8, 4) is 0 Å². The first-order valence-electron chi connectivity index (χ1n) is 3.70. The van der Waals surface area contributed by atoms with Crippen LogP contribution in [0, 0.1) is 3.57 Å². The summed E-state index contributed by atoms with van der Waals surface area (Å²) in [6.45, 7) is 2.38. The lowest BCUT2D eigenvalue weighted by molar-refractivity contribution is 0.314. The third-order valence-corrected chi connectivity index (χ3v) is 4.55. The van der Waals surface area contributed by atoms with Gasteiger partial charge in [0.25, 0.3) is 0 Å². The summed E-state index contributed by atoms with van der Waals surface area (Å²) >= 11 is 4.35. The highest BCUT2D eigenvalue weighted by atomic mass is 127. The quantitative estimate of drug-likeness (QED) is 0.659. The van der Waals surface area contributed by atoms with Crippen molar-refractivity contribution in [1.82, 2.24) is 4.90 Å². The Morgan fingerprint density at radius 1 is 1.64 bits per heavy atom. The summed E-state index contributed by atoms with van der Waals surface area (Å²) < 4.78 is 1.45. The Morgan fingerprint density at radius 3 is 3.27 bits per heavy atom. The fraction of sp³-hybridized carbons (Fsp3) is 0.500. The lowest BCUT2D eigenvalue weighted by atomic mass is 10.1. The van der Waals surface area contributed by atoms with Crippen LogP contribution in [-0.2, 0) is 13.0 Å². The largest absolute Gasteiger partial charge is 0.302 e. The second kappa shape index (κ2) is 3.03. The number of fused-ring (bicyclic) bond motifs is 1. The summed E-state index contributed by atoms with van der Waals surface area (Å²) in [6.07, 6.45) is 1.25. The maximum atomic E-state index is 2.43. The Hall–Kier alpha value is 0.390. The van der Waals surface area contributed by atoms with Gasteiger partial charge in [-0.3, -0.25) is 0 Å². The van der Waals surface area contributed by atoms with Crippen molar-refractivity contribution >= 4 is 33.9 Å². The van der Waals surface area contributed by atoms with E-state index in [0.29, 0.717) is 0 Å². The van der Waals surface area contributed by atoms with Crippen molar-refractivity contribution in [2.24, 2.45) is 0 Å². The molecular weight excluding hydrogens is 269 g/mol. The molecule has 0 saturated carbocycles. The summed E-state index contributed by atoms with van der Waals surface area (Å²) in [5, 5.41) is 2.27. The molecule has 0 amide bonds. The molecule has 2 heterocycles. The standard InChI is InChI=1S/C8H10INS/c1-10-3-2-8-6(4-10)7(9)5-11-8/h5H,2-4H2,1H3. The second-order valence-electron chi connectivity index (χ2n) is 2.97. The first kappa shape index (κ1) is 8.01. The van der Waals surface area contributed by atoms with Crippen LogP contribution in [0.25, 0.3) is 0 Å². The van der Waals surface area contributed by atoms with E-state index in [1.54, 1.807) is 10.4 Å². The van der Waals surface area contributed by atoms with E-state index in [1.807, 2.05) is 11.3 Å². The van der Waals surface area contributed by atoms with Crippen LogP contribution in [0.2, 0.25) is 0 Å². The van der Waals surface area contributed by atoms with Crippen LogP contribution >= 0.6 is 33.9 Å². The number of hydrogen-bond acceptors (Lipinski definition) is 2. The molecule has 1 aliphatic rings. The molecule has 1 aliphatic heterocycles. The molecule has 0 N–H and O–H groups in total. The van der Waals surface area contributed by atoms with Gasteiger partial charge in [0.1, 0.15) is 0 Å². The topological polar surface area (TPSA) is 3.24 Å². The summed E-state index contributed by atoms with van der Waals surface area (Å²) in [7, 11) is 2.19. The molecule has 0 aliphatic carbocycles. The zero-order valence-electron chi connectivity index (χ0n) is 6.43. The molecule has 0 bridgehead atoms. The van der Waals surface area contributed by atoms with Crippen LogP contribution in [0.15, 0.2) is 5.38 Å². The summed E-state index contributed by atoms with van der Waals surface area (Å²) in [5.41, 5.74) is 1.57. The number of rotatable bonds is 0. The molecule has 0 fully saturated rings. The number of likely N-dealkylation sites (N-methyl/N-ethyl adjacent to an activating group) is 1. The zero-order chi connectivity index (χ0) is 7.84. The second-order valence-corrected chi connectivity index (χ2v) is 5.10. The Bertz CT molecular complexity index is 269. The Balaban J connectivity index is 2.37. The maximum Gasteiger partial charge on any atom is 0.0285 e. The maximum absolute atomic E-state index is 2.43. The predicted octanol–water partition coefficient (Wildman–Crippen LogP) is 2.34. The van der Waals surface area contributed by atoms with E-state index >= 15 is 0 Å². The molecule has 1 aromatic rings. The molecule has 0 aromatic carbocycles. The highest BCUT2D eigenvalue weighted by molar-refractivity contribution is 14.1. The first-order chi connectivity index (χ1) is 5.27. The molecule has 1 nitrogen and oxygen atoms in total. The Morgan fingerprint density at radius 2 is 2.45 bits per heavy atom. The van der Waals surface area contributed by atoms with E-state index in [0.717, 1.165) is 6.54 Å². The minimum atomic E-state index is 1.15. The molecule has 2 rings (SSSR count). The number of nitrogens with zero attached hydrogens (tertiary/aromatic N) is 1. The first-order valence-corrected chi connectivity index (χ1v) is 5.66. The normalized spacial score (nSPS) is 18.4. The highest BCUT2D eigenvalue weighted by Crippen LogP contribution is 2.28. The number of halogens is 1. The van der Waals surface area contributed by atoms with Gasteiger partial charge in [0.05, 0.1) is 0 Å². The van der Waals surface area contributed by atoms with Crippen molar-refractivity contribution in [2.75, 3.05) is 13.6 Å². The Labute approximate surface area is 84.5 Å². The van der Waals surface area contributed by atoms with Gasteiger partial charge in [-0.15, -0.1) is 11.3 Å². The average Bonchev–Trinajstić information content (AvgIpc) is 2.33. The smallest absolute Gasteiger partial charge is 0.0285 e. The van der Waals surface area contributed by atoms with E-state index in [4.69, 9.17) is 0 Å². The number of thiophene rings is 1. The minimum absolute atomic E-state index is 1.15. The van der Waals surface area contributed by atoms with Crippen LogP contribution in [0.4, 0.5) is 0 Å². The zero-order valence-corrected chi connectivity index (χ0v) is 9.41.